The van der Waals surface area contributed by atoms with E-state index in [0.29, 0.717) is 26.2 Å². The SMILES string of the molecule is O=C(CCOc1ccccc1)N1CCOc2ccccc21. The van der Waals surface area contributed by atoms with E-state index in [0.717, 1.165) is 17.2 Å². The Hall–Kier alpha value is -2.49. The van der Waals surface area contributed by atoms with Crippen LogP contribution in [0.3, 0.4) is 0 Å². The Bertz CT molecular complexity index is 612. The molecule has 21 heavy (non-hydrogen) atoms. The number of anilines is 1. The first-order valence-corrected chi connectivity index (χ1v) is 7.04. The van der Waals surface area contributed by atoms with Gasteiger partial charge in [0.25, 0.3) is 0 Å². The van der Waals surface area contributed by atoms with Crippen LogP contribution in [0, 0.1) is 0 Å². The third-order valence-corrected chi connectivity index (χ3v) is 3.36. The van der Waals surface area contributed by atoms with Gasteiger partial charge in [0, 0.05) is 0 Å². The zero-order chi connectivity index (χ0) is 14.5. The number of hydrogen-bond acceptors (Lipinski definition) is 3. The summed E-state index contributed by atoms with van der Waals surface area (Å²) in [4.78, 5) is 14.1. The normalized spacial score (nSPS) is 13.2. The van der Waals surface area contributed by atoms with Gasteiger partial charge in [0.05, 0.1) is 25.3 Å². The van der Waals surface area contributed by atoms with Crippen LogP contribution in [0.5, 0.6) is 11.5 Å². The van der Waals surface area contributed by atoms with Crippen molar-refractivity contribution >= 4 is 11.6 Å². The van der Waals surface area contributed by atoms with E-state index in [1.54, 1.807) is 4.90 Å². The Morgan fingerprint density at radius 2 is 1.86 bits per heavy atom. The second kappa shape index (κ2) is 6.31. The summed E-state index contributed by atoms with van der Waals surface area (Å²) < 4.78 is 11.1. The third-order valence-electron chi connectivity index (χ3n) is 3.36. The molecule has 4 heteroatoms. The van der Waals surface area contributed by atoms with E-state index < -0.39 is 0 Å². The number of hydrogen-bond donors (Lipinski definition) is 0. The van der Waals surface area contributed by atoms with Crippen LogP contribution in [-0.2, 0) is 4.79 Å². The van der Waals surface area contributed by atoms with E-state index in [-0.39, 0.29) is 5.91 Å². The third kappa shape index (κ3) is 3.16. The van der Waals surface area contributed by atoms with Crippen LogP contribution >= 0.6 is 0 Å². The number of benzene rings is 2. The second-order valence-electron chi connectivity index (χ2n) is 4.77. The standard InChI is InChI=1S/C17H17NO3/c19-17(10-12-20-14-6-2-1-3-7-14)18-11-13-21-16-9-5-4-8-15(16)18/h1-9H,10-13H2. The molecule has 1 amide bonds. The largest absolute Gasteiger partial charge is 0.493 e. The van der Waals surface area contributed by atoms with Gasteiger partial charge in [0.2, 0.25) is 5.91 Å². The highest BCUT2D eigenvalue weighted by molar-refractivity contribution is 5.95. The lowest BCUT2D eigenvalue weighted by molar-refractivity contribution is -0.119. The minimum absolute atomic E-state index is 0.0571. The van der Waals surface area contributed by atoms with Gasteiger partial charge in [0.15, 0.2) is 0 Å². The molecular formula is C17H17NO3. The smallest absolute Gasteiger partial charge is 0.230 e. The molecule has 0 saturated carbocycles. The second-order valence-corrected chi connectivity index (χ2v) is 4.77. The highest BCUT2D eigenvalue weighted by Gasteiger charge is 2.22. The molecule has 3 rings (SSSR count). The van der Waals surface area contributed by atoms with E-state index in [4.69, 9.17) is 9.47 Å². The molecular weight excluding hydrogens is 266 g/mol. The highest BCUT2D eigenvalue weighted by atomic mass is 16.5. The predicted octanol–water partition coefficient (Wildman–Crippen LogP) is 2.88. The van der Waals surface area contributed by atoms with Gasteiger partial charge in [-0.05, 0) is 24.3 Å². The molecule has 0 bridgehead atoms. The van der Waals surface area contributed by atoms with Crippen molar-refractivity contribution in [2.24, 2.45) is 0 Å². The summed E-state index contributed by atoms with van der Waals surface area (Å²) in [5.41, 5.74) is 0.841. The molecule has 1 aliphatic heterocycles. The molecule has 0 spiro atoms. The van der Waals surface area contributed by atoms with Gasteiger partial charge < -0.3 is 14.4 Å². The van der Waals surface area contributed by atoms with Gasteiger partial charge in [-0.25, -0.2) is 0 Å². The molecule has 4 nitrogen and oxygen atoms in total. The molecule has 0 radical (unpaired) electrons. The molecule has 0 fully saturated rings. The van der Waals surface area contributed by atoms with Crippen molar-refractivity contribution in [1.82, 2.24) is 0 Å². The maximum atomic E-state index is 12.3. The Kier molecular flexibility index (Phi) is 4.05. The summed E-state index contributed by atoms with van der Waals surface area (Å²) in [7, 11) is 0. The lowest BCUT2D eigenvalue weighted by Gasteiger charge is -2.29. The monoisotopic (exact) mass is 283 g/mol. The average molecular weight is 283 g/mol. The van der Waals surface area contributed by atoms with Crippen LogP contribution in [0.2, 0.25) is 0 Å². The van der Waals surface area contributed by atoms with Crippen LogP contribution in [0.1, 0.15) is 6.42 Å². The predicted molar refractivity (Wildman–Crippen MR) is 80.8 cm³/mol. The molecule has 2 aromatic carbocycles. The lowest BCUT2D eigenvalue weighted by Crippen LogP contribution is -2.38. The number of nitrogens with zero attached hydrogens (tertiary/aromatic N) is 1. The maximum Gasteiger partial charge on any atom is 0.230 e. The van der Waals surface area contributed by atoms with Gasteiger partial charge in [-0.2, -0.15) is 0 Å². The van der Waals surface area contributed by atoms with Gasteiger partial charge in [-0.1, -0.05) is 30.3 Å². The zero-order valence-electron chi connectivity index (χ0n) is 11.7. The van der Waals surface area contributed by atoms with Crippen LogP contribution in [-0.4, -0.2) is 25.7 Å². The molecule has 1 aliphatic rings. The molecule has 0 unspecified atom stereocenters. The van der Waals surface area contributed by atoms with E-state index >= 15 is 0 Å². The lowest BCUT2D eigenvalue weighted by atomic mass is 10.2. The minimum Gasteiger partial charge on any atom is -0.493 e. The number of amides is 1. The summed E-state index contributed by atoms with van der Waals surface area (Å²) in [6, 6.07) is 17.1. The Balaban J connectivity index is 1.59. The average Bonchev–Trinajstić information content (AvgIpc) is 2.55. The van der Waals surface area contributed by atoms with Crippen molar-refractivity contribution in [3.63, 3.8) is 0 Å². The van der Waals surface area contributed by atoms with E-state index in [1.165, 1.54) is 0 Å². The molecule has 1 heterocycles. The van der Waals surface area contributed by atoms with Gasteiger partial charge >= 0.3 is 0 Å². The van der Waals surface area contributed by atoms with Crippen molar-refractivity contribution < 1.29 is 14.3 Å². The first kappa shape index (κ1) is 13.5. The van der Waals surface area contributed by atoms with E-state index in [9.17, 15) is 4.79 Å². The number of ether oxygens (including phenoxy) is 2. The van der Waals surface area contributed by atoms with Gasteiger partial charge in [0.1, 0.15) is 18.1 Å². The summed E-state index contributed by atoms with van der Waals surface area (Å²) in [5.74, 6) is 1.61. The molecule has 2 aromatic rings. The first-order valence-electron chi connectivity index (χ1n) is 7.04. The molecule has 0 atom stereocenters. The number of carbonyl (C=O) groups excluding carboxylic acids is 1. The minimum atomic E-state index is 0.0571. The Morgan fingerprint density at radius 3 is 2.71 bits per heavy atom. The van der Waals surface area contributed by atoms with Gasteiger partial charge in [-0.3, -0.25) is 4.79 Å². The summed E-state index contributed by atoms with van der Waals surface area (Å²) >= 11 is 0. The fourth-order valence-electron chi connectivity index (χ4n) is 2.34. The van der Waals surface area contributed by atoms with Crippen LogP contribution in [0.25, 0.3) is 0 Å². The maximum absolute atomic E-state index is 12.3. The highest BCUT2D eigenvalue weighted by Crippen LogP contribution is 2.31. The van der Waals surface area contributed by atoms with Gasteiger partial charge in [-0.15, -0.1) is 0 Å². The van der Waals surface area contributed by atoms with Crippen molar-refractivity contribution in [2.75, 3.05) is 24.7 Å². The van der Waals surface area contributed by atoms with E-state index in [2.05, 4.69) is 0 Å². The summed E-state index contributed by atoms with van der Waals surface area (Å²) in [6.07, 6.45) is 0.350. The topological polar surface area (TPSA) is 38.8 Å². The quantitative estimate of drug-likeness (QED) is 0.866. The number of fused-ring (bicyclic) bond motifs is 1. The van der Waals surface area contributed by atoms with Crippen LogP contribution in [0.15, 0.2) is 54.6 Å². The molecule has 0 saturated heterocycles. The zero-order valence-corrected chi connectivity index (χ0v) is 11.7. The molecule has 0 N–H and O–H groups in total. The number of para-hydroxylation sites is 3. The number of rotatable bonds is 4. The summed E-state index contributed by atoms with van der Waals surface area (Å²) in [5, 5.41) is 0. The van der Waals surface area contributed by atoms with Crippen molar-refractivity contribution in [1.29, 1.82) is 0 Å². The molecule has 0 aliphatic carbocycles. The van der Waals surface area contributed by atoms with Crippen molar-refractivity contribution in [3.05, 3.63) is 54.6 Å². The van der Waals surface area contributed by atoms with Crippen molar-refractivity contribution in [2.45, 2.75) is 6.42 Å². The first-order chi connectivity index (χ1) is 10.3. The van der Waals surface area contributed by atoms with Crippen molar-refractivity contribution in [3.8, 4) is 11.5 Å². The summed E-state index contributed by atoms with van der Waals surface area (Å²) in [6.45, 7) is 1.49. The fraction of sp³-hybridized carbons (Fsp3) is 0.235. The fourth-order valence-corrected chi connectivity index (χ4v) is 2.34. The Labute approximate surface area is 123 Å². The van der Waals surface area contributed by atoms with E-state index in [1.807, 2.05) is 54.6 Å². The Morgan fingerprint density at radius 1 is 1.10 bits per heavy atom. The van der Waals surface area contributed by atoms with Crippen LogP contribution in [0.4, 0.5) is 5.69 Å². The number of carbonyl (C=O) groups is 1. The molecule has 0 aromatic heterocycles. The molecule has 108 valence electrons. The van der Waals surface area contributed by atoms with Crippen LogP contribution < -0.4 is 14.4 Å².